The number of aromatic nitrogens is 2. The third-order valence-corrected chi connectivity index (χ3v) is 4.38. The standard InChI is InChI=1S/C10H15N3O2S/c1-8-6-11-10(12-7-8)13-9-2-4-16(14,15)5-3-9/h6-7,9H,2-5H2,1H3,(H,11,12,13). The Hall–Kier alpha value is -1.17. The lowest BCUT2D eigenvalue weighted by atomic mass is 10.2. The van der Waals surface area contributed by atoms with E-state index < -0.39 is 9.84 Å². The molecule has 1 aliphatic rings. The van der Waals surface area contributed by atoms with Crippen molar-refractivity contribution >= 4 is 15.8 Å². The Morgan fingerprint density at radius 1 is 1.25 bits per heavy atom. The molecule has 1 aromatic heterocycles. The molecule has 0 atom stereocenters. The highest BCUT2D eigenvalue weighted by Gasteiger charge is 2.23. The van der Waals surface area contributed by atoms with Gasteiger partial charge in [-0.25, -0.2) is 18.4 Å². The van der Waals surface area contributed by atoms with Crippen LogP contribution in [0.4, 0.5) is 5.95 Å². The molecule has 0 unspecified atom stereocenters. The summed E-state index contributed by atoms with van der Waals surface area (Å²) in [6, 6.07) is 0.172. The lowest BCUT2D eigenvalue weighted by Gasteiger charge is -2.22. The van der Waals surface area contributed by atoms with Gasteiger partial charge in [0.15, 0.2) is 0 Å². The molecule has 0 spiro atoms. The Balaban J connectivity index is 1.94. The van der Waals surface area contributed by atoms with E-state index in [1.165, 1.54) is 0 Å². The number of nitrogens with zero attached hydrogens (tertiary/aromatic N) is 2. The van der Waals surface area contributed by atoms with Gasteiger partial charge >= 0.3 is 0 Å². The number of nitrogens with one attached hydrogen (secondary N) is 1. The van der Waals surface area contributed by atoms with E-state index in [0.717, 1.165) is 5.56 Å². The Morgan fingerprint density at radius 3 is 2.38 bits per heavy atom. The average molecular weight is 241 g/mol. The Kier molecular flexibility index (Phi) is 3.09. The predicted molar refractivity (Wildman–Crippen MR) is 62.1 cm³/mol. The highest BCUT2D eigenvalue weighted by molar-refractivity contribution is 7.91. The van der Waals surface area contributed by atoms with Crippen molar-refractivity contribution in [2.45, 2.75) is 25.8 Å². The van der Waals surface area contributed by atoms with E-state index in [2.05, 4.69) is 15.3 Å². The van der Waals surface area contributed by atoms with Gasteiger partial charge in [0.2, 0.25) is 5.95 Å². The largest absolute Gasteiger partial charge is 0.351 e. The SMILES string of the molecule is Cc1cnc(NC2CCS(=O)(=O)CC2)nc1. The Labute approximate surface area is 95.2 Å². The molecule has 1 aliphatic heterocycles. The smallest absolute Gasteiger partial charge is 0.222 e. The minimum absolute atomic E-state index is 0.172. The predicted octanol–water partition coefficient (Wildman–Crippen LogP) is 0.774. The highest BCUT2D eigenvalue weighted by atomic mass is 32.2. The van der Waals surface area contributed by atoms with Crippen molar-refractivity contribution in [2.75, 3.05) is 16.8 Å². The lowest BCUT2D eigenvalue weighted by molar-refractivity contribution is 0.558. The zero-order chi connectivity index (χ0) is 11.6. The van der Waals surface area contributed by atoms with Crippen molar-refractivity contribution in [3.05, 3.63) is 18.0 Å². The monoisotopic (exact) mass is 241 g/mol. The molecule has 6 heteroatoms. The second kappa shape index (κ2) is 4.37. The molecule has 2 heterocycles. The van der Waals surface area contributed by atoms with E-state index >= 15 is 0 Å². The first-order valence-electron chi connectivity index (χ1n) is 5.31. The summed E-state index contributed by atoms with van der Waals surface area (Å²) >= 11 is 0. The fourth-order valence-electron chi connectivity index (χ4n) is 1.68. The van der Waals surface area contributed by atoms with Gasteiger partial charge in [-0.3, -0.25) is 0 Å². The first-order valence-corrected chi connectivity index (χ1v) is 7.13. The van der Waals surface area contributed by atoms with E-state index in [-0.39, 0.29) is 17.5 Å². The molecule has 2 rings (SSSR count). The van der Waals surface area contributed by atoms with Crippen LogP contribution in [-0.2, 0) is 9.84 Å². The number of rotatable bonds is 2. The first kappa shape index (κ1) is 11.3. The highest BCUT2D eigenvalue weighted by Crippen LogP contribution is 2.15. The summed E-state index contributed by atoms with van der Waals surface area (Å²) in [4.78, 5) is 8.27. The van der Waals surface area contributed by atoms with Gasteiger partial charge in [-0.1, -0.05) is 0 Å². The van der Waals surface area contributed by atoms with E-state index in [9.17, 15) is 8.42 Å². The topological polar surface area (TPSA) is 72.0 Å². The van der Waals surface area contributed by atoms with Crippen molar-refractivity contribution in [1.82, 2.24) is 9.97 Å². The zero-order valence-corrected chi connectivity index (χ0v) is 10.00. The van der Waals surface area contributed by atoms with Gasteiger partial charge in [0, 0.05) is 18.4 Å². The quantitative estimate of drug-likeness (QED) is 0.828. The van der Waals surface area contributed by atoms with Crippen molar-refractivity contribution in [2.24, 2.45) is 0 Å². The van der Waals surface area contributed by atoms with Crippen LogP contribution in [-0.4, -0.2) is 35.9 Å². The van der Waals surface area contributed by atoms with Crippen LogP contribution in [0.2, 0.25) is 0 Å². The van der Waals surface area contributed by atoms with Crippen LogP contribution in [0, 0.1) is 6.92 Å². The van der Waals surface area contributed by atoms with Gasteiger partial charge in [0.1, 0.15) is 9.84 Å². The van der Waals surface area contributed by atoms with Gasteiger partial charge in [-0.15, -0.1) is 0 Å². The number of aryl methyl sites for hydroxylation is 1. The third kappa shape index (κ3) is 2.91. The zero-order valence-electron chi connectivity index (χ0n) is 9.18. The second-order valence-electron chi connectivity index (χ2n) is 4.15. The molecule has 1 N–H and O–H groups in total. The molecular formula is C10H15N3O2S. The van der Waals surface area contributed by atoms with E-state index in [0.29, 0.717) is 18.8 Å². The molecule has 1 aromatic rings. The minimum atomic E-state index is -2.80. The van der Waals surface area contributed by atoms with E-state index in [4.69, 9.17) is 0 Å². The van der Waals surface area contributed by atoms with Crippen LogP contribution in [0.25, 0.3) is 0 Å². The van der Waals surface area contributed by atoms with E-state index in [1.54, 1.807) is 12.4 Å². The lowest BCUT2D eigenvalue weighted by Crippen LogP contribution is -2.32. The fraction of sp³-hybridized carbons (Fsp3) is 0.600. The van der Waals surface area contributed by atoms with Crippen molar-refractivity contribution < 1.29 is 8.42 Å². The van der Waals surface area contributed by atoms with Crippen molar-refractivity contribution in [3.63, 3.8) is 0 Å². The Bertz CT molecular complexity index is 441. The number of anilines is 1. The molecule has 5 nitrogen and oxygen atoms in total. The Morgan fingerprint density at radius 2 is 1.81 bits per heavy atom. The van der Waals surface area contributed by atoms with Crippen LogP contribution in [0.1, 0.15) is 18.4 Å². The third-order valence-electron chi connectivity index (χ3n) is 2.67. The van der Waals surface area contributed by atoms with Crippen LogP contribution in [0.5, 0.6) is 0 Å². The van der Waals surface area contributed by atoms with Gasteiger partial charge < -0.3 is 5.32 Å². The maximum Gasteiger partial charge on any atom is 0.222 e. The average Bonchev–Trinajstić information content (AvgIpc) is 2.24. The van der Waals surface area contributed by atoms with Gasteiger partial charge in [0.25, 0.3) is 0 Å². The molecule has 1 fully saturated rings. The maximum absolute atomic E-state index is 11.2. The molecule has 0 aliphatic carbocycles. The van der Waals surface area contributed by atoms with Crippen LogP contribution >= 0.6 is 0 Å². The molecule has 0 amide bonds. The number of hydrogen-bond acceptors (Lipinski definition) is 5. The van der Waals surface area contributed by atoms with Crippen LogP contribution in [0.15, 0.2) is 12.4 Å². The van der Waals surface area contributed by atoms with Gasteiger partial charge in [-0.05, 0) is 25.3 Å². The summed E-state index contributed by atoms with van der Waals surface area (Å²) in [5, 5.41) is 3.16. The van der Waals surface area contributed by atoms with E-state index in [1.807, 2.05) is 6.92 Å². The summed E-state index contributed by atoms with van der Waals surface area (Å²) in [5.74, 6) is 1.10. The molecule has 0 aromatic carbocycles. The normalized spacial score (nSPS) is 20.6. The van der Waals surface area contributed by atoms with Crippen LogP contribution < -0.4 is 5.32 Å². The van der Waals surface area contributed by atoms with Gasteiger partial charge in [0.05, 0.1) is 11.5 Å². The molecule has 0 saturated carbocycles. The molecule has 1 saturated heterocycles. The summed E-state index contributed by atoms with van der Waals surface area (Å²) in [7, 11) is -2.80. The fourth-order valence-corrected chi connectivity index (χ4v) is 3.18. The summed E-state index contributed by atoms with van der Waals surface area (Å²) in [5.41, 5.74) is 1.01. The molecule has 16 heavy (non-hydrogen) atoms. The summed E-state index contributed by atoms with van der Waals surface area (Å²) in [6.45, 7) is 1.93. The summed E-state index contributed by atoms with van der Waals surface area (Å²) in [6.07, 6.45) is 4.77. The second-order valence-corrected chi connectivity index (χ2v) is 6.46. The first-order chi connectivity index (χ1) is 7.55. The number of sulfone groups is 1. The summed E-state index contributed by atoms with van der Waals surface area (Å²) < 4.78 is 22.5. The molecule has 0 bridgehead atoms. The van der Waals surface area contributed by atoms with Crippen molar-refractivity contribution in [1.29, 1.82) is 0 Å². The maximum atomic E-state index is 11.2. The minimum Gasteiger partial charge on any atom is -0.351 e. The van der Waals surface area contributed by atoms with Gasteiger partial charge in [-0.2, -0.15) is 0 Å². The molecule has 0 radical (unpaired) electrons. The number of hydrogen-bond donors (Lipinski definition) is 1. The van der Waals surface area contributed by atoms with Crippen molar-refractivity contribution in [3.8, 4) is 0 Å². The molecular weight excluding hydrogens is 226 g/mol. The van der Waals surface area contributed by atoms with Crippen LogP contribution in [0.3, 0.4) is 0 Å². The molecule has 88 valence electrons.